The quantitative estimate of drug-likeness (QED) is 0.369. The summed E-state index contributed by atoms with van der Waals surface area (Å²) in [5.41, 5.74) is 2.52. The van der Waals surface area contributed by atoms with Crippen molar-refractivity contribution in [3.05, 3.63) is 53.9 Å². The van der Waals surface area contributed by atoms with Crippen LogP contribution in [0.5, 0.6) is 0 Å². The van der Waals surface area contributed by atoms with Gasteiger partial charge in [-0.25, -0.2) is 4.99 Å². The molecule has 27 heavy (non-hydrogen) atoms. The Kier molecular flexibility index (Phi) is 6.56. The maximum Gasteiger partial charge on any atom is 0.170 e. The number of anilines is 1. The number of nitrogens with one attached hydrogen (secondary N) is 4. The minimum Gasteiger partial charge on any atom is -0.378 e. The van der Waals surface area contributed by atoms with Crippen molar-refractivity contribution >= 4 is 34.7 Å². The third-order valence-electron chi connectivity index (χ3n) is 4.12. The number of rotatable bonds is 4. The molecule has 1 aliphatic heterocycles. The van der Waals surface area contributed by atoms with Gasteiger partial charge in [-0.3, -0.25) is 5.41 Å². The Hall–Kier alpha value is -2.71. The summed E-state index contributed by atoms with van der Waals surface area (Å²) in [4.78, 5) is 9.95. The number of hydrogen-bond donors (Lipinski definition) is 4. The lowest BCUT2D eigenvalue weighted by Gasteiger charge is -2.29. The first-order chi connectivity index (χ1) is 13.2. The predicted molar refractivity (Wildman–Crippen MR) is 113 cm³/mol. The highest BCUT2D eigenvalue weighted by Crippen LogP contribution is 2.13. The van der Waals surface area contributed by atoms with Gasteiger partial charge in [-0.15, -0.1) is 0 Å². The maximum atomic E-state index is 8.44. The molecule has 0 unspecified atom stereocenters. The van der Waals surface area contributed by atoms with Gasteiger partial charge in [0.1, 0.15) is 0 Å². The minimum atomic E-state index is 0.215. The van der Waals surface area contributed by atoms with Crippen LogP contribution >= 0.6 is 12.2 Å². The van der Waals surface area contributed by atoms with Crippen LogP contribution in [0.4, 0.5) is 5.69 Å². The summed E-state index contributed by atoms with van der Waals surface area (Å²) in [6, 6.07) is 11.4. The number of aromatic nitrogens is 1. The van der Waals surface area contributed by atoms with Gasteiger partial charge in [0.15, 0.2) is 16.8 Å². The molecule has 1 aromatic heterocycles. The third kappa shape index (κ3) is 5.15. The van der Waals surface area contributed by atoms with Crippen molar-refractivity contribution < 1.29 is 4.74 Å². The Balaban J connectivity index is 1.77. The van der Waals surface area contributed by atoms with Crippen LogP contribution in [-0.4, -0.2) is 59.5 Å². The number of hydrogen-bond acceptors (Lipinski definition) is 3. The van der Waals surface area contributed by atoms with Crippen molar-refractivity contribution in [3.63, 3.8) is 0 Å². The summed E-state index contributed by atoms with van der Waals surface area (Å²) in [5, 5.41) is 15.2. The van der Waals surface area contributed by atoms with Gasteiger partial charge >= 0.3 is 0 Å². The first kappa shape index (κ1) is 19.1. The molecule has 2 heterocycles. The van der Waals surface area contributed by atoms with Gasteiger partial charge in [0.05, 0.1) is 18.9 Å². The topological polar surface area (TPSA) is 88.5 Å². The molecule has 0 saturated carbocycles. The van der Waals surface area contributed by atoms with Crippen molar-refractivity contribution in [2.24, 2.45) is 4.99 Å². The summed E-state index contributed by atoms with van der Waals surface area (Å²) >= 11 is 5.19. The van der Waals surface area contributed by atoms with E-state index in [0.717, 1.165) is 42.4 Å². The van der Waals surface area contributed by atoms with Crippen LogP contribution in [-0.2, 0) is 4.74 Å². The molecular formula is C19H24N6OS. The van der Waals surface area contributed by atoms with Crippen molar-refractivity contribution in [1.29, 1.82) is 5.41 Å². The zero-order valence-electron chi connectivity index (χ0n) is 15.3. The van der Waals surface area contributed by atoms with Crippen LogP contribution in [0, 0.1) is 5.41 Å². The van der Waals surface area contributed by atoms with Crippen LogP contribution in [0.15, 0.2) is 47.6 Å². The number of amidine groups is 2. The second-order valence-electron chi connectivity index (χ2n) is 6.03. The van der Waals surface area contributed by atoms with E-state index in [0.29, 0.717) is 18.3 Å². The normalized spacial score (nSPS) is 14.7. The summed E-state index contributed by atoms with van der Waals surface area (Å²) in [6.07, 6.45) is 1.86. The molecule has 3 rings (SSSR count). The third-order valence-corrected chi connectivity index (χ3v) is 4.37. The highest BCUT2D eigenvalue weighted by molar-refractivity contribution is 7.80. The summed E-state index contributed by atoms with van der Waals surface area (Å²) in [7, 11) is 0. The average Bonchev–Trinajstić information content (AvgIpc) is 3.22. The zero-order valence-corrected chi connectivity index (χ0v) is 16.1. The fourth-order valence-corrected chi connectivity index (χ4v) is 3.03. The number of morpholine rings is 1. The molecule has 0 amide bonds. The molecule has 0 radical (unpaired) electrons. The first-order valence-electron chi connectivity index (χ1n) is 8.96. The van der Waals surface area contributed by atoms with E-state index in [1.165, 1.54) is 0 Å². The molecule has 142 valence electrons. The zero-order chi connectivity index (χ0) is 19.1. The van der Waals surface area contributed by atoms with Gasteiger partial charge in [-0.1, -0.05) is 0 Å². The number of nitrogens with zero attached hydrogens (tertiary/aromatic N) is 2. The molecule has 1 aromatic carbocycles. The van der Waals surface area contributed by atoms with Crippen LogP contribution < -0.4 is 10.6 Å². The van der Waals surface area contributed by atoms with Gasteiger partial charge < -0.3 is 25.3 Å². The molecule has 7 nitrogen and oxygen atoms in total. The monoisotopic (exact) mass is 384 g/mol. The molecule has 0 aliphatic carbocycles. The van der Waals surface area contributed by atoms with E-state index in [-0.39, 0.29) is 5.84 Å². The molecule has 4 N–H and O–H groups in total. The van der Waals surface area contributed by atoms with Gasteiger partial charge in [-0.05, 0) is 55.5 Å². The van der Waals surface area contributed by atoms with E-state index < -0.39 is 0 Å². The van der Waals surface area contributed by atoms with Gasteiger partial charge in [0, 0.05) is 37.1 Å². The van der Waals surface area contributed by atoms with E-state index in [9.17, 15) is 0 Å². The lowest BCUT2D eigenvalue weighted by Crippen LogP contribution is -2.41. The fourth-order valence-electron chi connectivity index (χ4n) is 2.76. The number of aliphatic imine (C=N–C) groups is 1. The molecule has 0 spiro atoms. The van der Waals surface area contributed by atoms with E-state index in [1.807, 2.05) is 49.5 Å². The van der Waals surface area contributed by atoms with E-state index in [4.69, 9.17) is 22.4 Å². The smallest absolute Gasteiger partial charge is 0.170 e. The van der Waals surface area contributed by atoms with Crippen molar-refractivity contribution in [1.82, 2.24) is 15.2 Å². The predicted octanol–water partition coefficient (Wildman–Crippen LogP) is 2.43. The van der Waals surface area contributed by atoms with Crippen LogP contribution in [0.2, 0.25) is 0 Å². The Labute approximate surface area is 164 Å². The van der Waals surface area contributed by atoms with Gasteiger partial charge in [0.25, 0.3) is 0 Å². The van der Waals surface area contributed by atoms with Crippen LogP contribution in [0.25, 0.3) is 0 Å². The second-order valence-corrected chi connectivity index (χ2v) is 6.44. The SMILES string of the molecule is CCNC(=S)Nc1ccc(C(=N)N=C(c2ccc[nH]2)N2CCOCC2)cc1. The number of thiocarbonyl (C=S) groups is 1. The van der Waals surface area contributed by atoms with Crippen molar-refractivity contribution in [3.8, 4) is 0 Å². The number of aromatic amines is 1. The highest BCUT2D eigenvalue weighted by atomic mass is 32.1. The first-order valence-corrected chi connectivity index (χ1v) is 9.37. The van der Waals surface area contributed by atoms with Crippen LogP contribution in [0.1, 0.15) is 18.2 Å². The number of benzene rings is 1. The van der Waals surface area contributed by atoms with Gasteiger partial charge in [-0.2, -0.15) is 0 Å². The molecule has 1 aliphatic rings. The van der Waals surface area contributed by atoms with E-state index in [1.54, 1.807) is 0 Å². The van der Waals surface area contributed by atoms with E-state index >= 15 is 0 Å². The highest BCUT2D eigenvalue weighted by Gasteiger charge is 2.18. The lowest BCUT2D eigenvalue weighted by molar-refractivity contribution is 0.0682. The van der Waals surface area contributed by atoms with Crippen molar-refractivity contribution in [2.45, 2.75) is 6.92 Å². The molecule has 1 fully saturated rings. The summed E-state index contributed by atoms with van der Waals surface area (Å²) in [5.74, 6) is 0.982. The Morgan fingerprint density at radius 1 is 1.26 bits per heavy atom. The minimum absolute atomic E-state index is 0.215. The number of ether oxygens (including phenoxy) is 1. The molecular weight excluding hydrogens is 360 g/mol. The second kappa shape index (κ2) is 9.29. The largest absolute Gasteiger partial charge is 0.378 e. The fraction of sp³-hybridized carbons (Fsp3) is 0.316. The molecule has 1 saturated heterocycles. The molecule has 2 aromatic rings. The number of H-pyrrole nitrogens is 1. The maximum absolute atomic E-state index is 8.44. The summed E-state index contributed by atoms with van der Waals surface area (Å²) < 4.78 is 5.44. The molecule has 0 bridgehead atoms. The molecule has 8 heteroatoms. The molecule has 0 atom stereocenters. The van der Waals surface area contributed by atoms with E-state index in [2.05, 4.69) is 25.5 Å². The Morgan fingerprint density at radius 2 is 2.00 bits per heavy atom. The van der Waals surface area contributed by atoms with Crippen LogP contribution in [0.3, 0.4) is 0 Å². The average molecular weight is 385 g/mol. The lowest BCUT2D eigenvalue weighted by atomic mass is 10.2. The van der Waals surface area contributed by atoms with Crippen molar-refractivity contribution in [2.75, 3.05) is 38.2 Å². The van der Waals surface area contributed by atoms with Gasteiger partial charge in [0.2, 0.25) is 0 Å². The Bertz CT molecular complexity index is 794. The Morgan fingerprint density at radius 3 is 2.63 bits per heavy atom. The standard InChI is InChI=1S/C19H24N6OS/c1-2-21-19(27)23-15-7-5-14(6-8-15)17(20)24-18(16-4-3-9-22-16)25-10-12-26-13-11-25/h3-9,20,22H,2,10-13H2,1H3,(H2,21,23,27). The summed E-state index contributed by atoms with van der Waals surface area (Å²) in [6.45, 7) is 5.61.